The molecule has 0 saturated heterocycles. The zero-order valence-electron chi connectivity index (χ0n) is 16.9. The number of hydrogen-bond donors (Lipinski definition) is 2. The topological polar surface area (TPSA) is 62.1 Å². The summed E-state index contributed by atoms with van der Waals surface area (Å²) in [5, 5.41) is 22.9. The first-order valence-electron chi connectivity index (χ1n) is 11.2. The zero-order chi connectivity index (χ0) is 19.5. The predicted octanol–water partition coefficient (Wildman–Crippen LogP) is 4.84. The van der Waals surface area contributed by atoms with E-state index in [1.165, 1.54) is 24.8 Å². The third kappa shape index (κ3) is 2.34. The Balaban J connectivity index is 1.53. The summed E-state index contributed by atoms with van der Waals surface area (Å²) in [6.45, 7) is 6.55. The van der Waals surface area contributed by atoms with Gasteiger partial charge in [-0.25, -0.2) is 0 Å². The van der Waals surface area contributed by atoms with E-state index in [9.17, 15) is 10.3 Å². The number of aliphatic hydroxyl groups is 1. The Morgan fingerprint density at radius 3 is 2.86 bits per heavy atom. The van der Waals surface area contributed by atoms with Crippen LogP contribution < -0.4 is 0 Å². The summed E-state index contributed by atoms with van der Waals surface area (Å²) in [5.74, 6) is 3.08. The van der Waals surface area contributed by atoms with Gasteiger partial charge in [-0.15, -0.1) is 6.58 Å². The lowest BCUT2D eigenvalue weighted by Gasteiger charge is -2.58. The number of nitrogens with zero attached hydrogens (tertiary/aromatic N) is 1. The SMILES string of the molecule is C=C[C@H]1CC2=C/C(=N/O)CC[C@@H]2C2CC[C@@]3(CC)C(CC[C@@]34C=CC(O)O4)C21. The van der Waals surface area contributed by atoms with Crippen molar-refractivity contribution in [1.29, 1.82) is 0 Å². The summed E-state index contributed by atoms with van der Waals surface area (Å²) < 4.78 is 6.22. The van der Waals surface area contributed by atoms with Gasteiger partial charge in [0.1, 0.15) is 0 Å². The van der Waals surface area contributed by atoms with Gasteiger partial charge in [-0.3, -0.25) is 0 Å². The van der Waals surface area contributed by atoms with Gasteiger partial charge in [-0.1, -0.05) is 29.8 Å². The average Bonchev–Trinajstić information content (AvgIpc) is 3.27. The molecule has 1 aliphatic heterocycles. The van der Waals surface area contributed by atoms with Crippen LogP contribution in [0.2, 0.25) is 0 Å². The molecule has 0 radical (unpaired) electrons. The van der Waals surface area contributed by atoms with Crippen molar-refractivity contribution < 1.29 is 15.1 Å². The minimum absolute atomic E-state index is 0.136. The van der Waals surface area contributed by atoms with Gasteiger partial charge in [-0.2, -0.15) is 0 Å². The summed E-state index contributed by atoms with van der Waals surface area (Å²) in [4.78, 5) is 0. The summed E-state index contributed by atoms with van der Waals surface area (Å²) in [6.07, 6.45) is 16.4. The Bertz CT molecular complexity index is 755. The minimum Gasteiger partial charge on any atom is -0.411 e. The molecule has 0 bridgehead atoms. The number of ether oxygens (including phenoxy) is 1. The molecule has 28 heavy (non-hydrogen) atoms. The van der Waals surface area contributed by atoms with E-state index >= 15 is 0 Å². The van der Waals surface area contributed by atoms with E-state index in [2.05, 4.69) is 36.9 Å². The summed E-state index contributed by atoms with van der Waals surface area (Å²) in [7, 11) is 0. The highest BCUT2D eigenvalue weighted by atomic mass is 16.6. The summed E-state index contributed by atoms with van der Waals surface area (Å²) in [5.41, 5.74) is 2.18. The van der Waals surface area contributed by atoms with Crippen LogP contribution in [0, 0.1) is 35.0 Å². The maximum Gasteiger partial charge on any atom is 0.175 e. The maximum absolute atomic E-state index is 10.1. The molecule has 4 heteroatoms. The van der Waals surface area contributed by atoms with Crippen LogP contribution >= 0.6 is 0 Å². The van der Waals surface area contributed by atoms with Gasteiger partial charge in [0.25, 0.3) is 0 Å². The van der Waals surface area contributed by atoms with Gasteiger partial charge in [0.05, 0.1) is 11.3 Å². The van der Waals surface area contributed by atoms with Crippen molar-refractivity contribution in [1.82, 2.24) is 0 Å². The Hall–Kier alpha value is -1.39. The lowest BCUT2D eigenvalue weighted by Crippen LogP contribution is -2.55. The number of fused-ring (bicyclic) bond motifs is 6. The van der Waals surface area contributed by atoms with E-state index in [0.717, 1.165) is 37.8 Å². The van der Waals surface area contributed by atoms with Crippen LogP contribution in [0.5, 0.6) is 0 Å². The first kappa shape index (κ1) is 18.6. The molecule has 8 atom stereocenters. The second-order valence-corrected chi connectivity index (χ2v) is 9.75. The second-order valence-electron chi connectivity index (χ2n) is 9.75. The lowest BCUT2D eigenvalue weighted by atomic mass is 9.47. The molecular formula is C24H33NO3. The lowest BCUT2D eigenvalue weighted by molar-refractivity contribution is -0.190. The van der Waals surface area contributed by atoms with Crippen molar-refractivity contribution >= 4 is 5.71 Å². The van der Waals surface area contributed by atoms with E-state index in [1.54, 1.807) is 0 Å². The molecule has 0 aromatic carbocycles. The molecule has 5 aliphatic rings. The molecular weight excluding hydrogens is 350 g/mol. The largest absolute Gasteiger partial charge is 0.411 e. The van der Waals surface area contributed by atoms with Gasteiger partial charge >= 0.3 is 0 Å². The number of rotatable bonds is 2. The molecule has 0 amide bonds. The highest BCUT2D eigenvalue weighted by molar-refractivity contribution is 5.96. The molecule has 1 heterocycles. The van der Waals surface area contributed by atoms with E-state index in [0.29, 0.717) is 29.6 Å². The Morgan fingerprint density at radius 2 is 2.18 bits per heavy atom. The molecule has 4 nitrogen and oxygen atoms in total. The molecule has 0 aromatic heterocycles. The Morgan fingerprint density at radius 1 is 1.32 bits per heavy atom. The molecule has 3 saturated carbocycles. The first-order valence-corrected chi connectivity index (χ1v) is 11.2. The van der Waals surface area contributed by atoms with Crippen LogP contribution in [0.25, 0.3) is 0 Å². The van der Waals surface area contributed by atoms with Crippen LogP contribution in [0.3, 0.4) is 0 Å². The summed E-state index contributed by atoms with van der Waals surface area (Å²) in [6, 6.07) is 0. The van der Waals surface area contributed by atoms with Crippen molar-refractivity contribution in [2.75, 3.05) is 0 Å². The van der Waals surface area contributed by atoms with Crippen LogP contribution in [0.4, 0.5) is 0 Å². The van der Waals surface area contributed by atoms with Gasteiger partial charge in [-0.05, 0) is 93.1 Å². The molecule has 0 aromatic rings. The number of hydrogen-bond acceptors (Lipinski definition) is 4. The average molecular weight is 384 g/mol. The fraction of sp³-hybridized carbons (Fsp3) is 0.708. The van der Waals surface area contributed by atoms with Gasteiger partial charge in [0.15, 0.2) is 6.29 Å². The molecule has 4 unspecified atom stereocenters. The molecule has 5 rings (SSSR count). The number of allylic oxidation sites excluding steroid dienone is 3. The van der Waals surface area contributed by atoms with Crippen molar-refractivity contribution in [3.63, 3.8) is 0 Å². The van der Waals surface area contributed by atoms with E-state index in [-0.39, 0.29) is 11.0 Å². The van der Waals surface area contributed by atoms with Crippen molar-refractivity contribution in [2.45, 2.75) is 70.2 Å². The fourth-order valence-corrected chi connectivity index (χ4v) is 8.17. The van der Waals surface area contributed by atoms with Gasteiger partial charge in [0.2, 0.25) is 0 Å². The van der Waals surface area contributed by atoms with E-state index < -0.39 is 6.29 Å². The molecule has 1 spiro atoms. The monoisotopic (exact) mass is 383 g/mol. The second kappa shape index (κ2) is 6.56. The smallest absolute Gasteiger partial charge is 0.175 e. The van der Waals surface area contributed by atoms with Gasteiger partial charge in [0, 0.05) is 5.41 Å². The van der Waals surface area contributed by atoms with Crippen LogP contribution in [0.1, 0.15) is 58.3 Å². The van der Waals surface area contributed by atoms with Crippen molar-refractivity contribution in [2.24, 2.45) is 40.2 Å². The zero-order valence-corrected chi connectivity index (χ0v) is 16.9. The highest BCUT2D eigenvalue weighted by Gasteiger charge is 2.66. The summed E-state index contributed by atoms with van der Waals surface area (Å²) >= 11 is 0. The maximum atomic E-state index is 10.1. The third-order valence-corrected chi connectivity index (χ3v) is 9.21. The van der Waals surface area contributed by atoms with E-state index in [1.807, 2.05) is 6.08 Å². The van der Waals surface area contributed by atoms with Crippen LogP contribution in [-0.2, 0) is 4.74 Å². The van der Waals surface area contributed by atoms with Gasteiger partial charge < -0.3 is 15.1 Å². The van der Waals surface area contributed by atoms with Crippen molar-refractivity contribution in [3.05, 3.63) is 36.5 Å². The van der Waals surface area contributed by atoms with Crippen molar-refractivity contribution in [3.8, 4) is 0 Å². The van der Waals surface area contributed by atoms with E-state index in [4.69, 9.17) is 4.74 Å². The predicted molar refractivity (Wildman–Crippen MR) is 109 cm³/mol. The quantitative estimate of drug-likeness (QED) is 0.408. The number of oxime groups is 1. The Labute approximate surface area is 168 Å². The normalized spacial score (nSPS) is 50.9. The molecule has 2 N–H and O–H groups in total. The third-order valence-electron chi connectivity index (χ3n) is 9.21. The highest BCUT2D eigenvalue weighted by Crippen LogP contribution is 2.69. The minimum atomic E-state index is -0.745. The fourth-order valence-electron chi connectivity index (χ4n) is 8.17. The number of aliphatic hydroxyl groups excluding tert-OH is 1. The molecule has 4 aliphatic carbocycles. The van der Waals surface area contributed by atoms with Crippen LogP contribution in [0.15, 0.2) is 41.6 Å². The van der Waals surface area contributed by atoms with Crippen LogP contribution in [-0.4, -0.2) is 27.9 Å². The first-order chi connectivity index (χ1) is 13.6. The standard InChI is InChI=1S/C24H33NO3/c1-3-15-13-16-14-17(25-27)5-6-18(16)19-7-10-23(4-2)20(22(15)19)8-11-24(23)12-9-21(26)28-24/h3,9,12,14-15,18-22,26-27H,1,4-8,10-11,13H2,2H3/b25-17+/t15-,18-,19?,20?,21?,22?,23-,24+/m0/s1. The molecule has 3 fully saturated rings. The Kier molecular flexibility index (Phi) is 4.37. The molecule has 152 valence electrons.